The van der Waals surface area contributed by atoms with Crippen molar-refractivity contribution in [2.75, 3.05) is 19.0 Å². The van der Waals surface area contributed by atoms with Gasteiger partial charge >= 0.3 is 0 Å². The monoisotopic (exact) mass is 416 g/mol. The highest BCUT2D eigenvalue weighted by Crippen LogP contribution is 2.23. The fraction of sp³-hybridized carbons (Fsp3) is 0.0870. The molecule has 0 aliphatic rings. The molecule has 8 heteroatoms. The van der Waals surface area contributed by atoms with Gasteiger partial charge in [0.05, 0.1) is 7.11 Å². The van der Waals surface area contributed by atoms with Crippen molar-refractivity contribution in [3.8, 4) is 28.9 Å². The molecule has 31 heavy (non-hydrogen) atoms. The molecule has 0 aliphatic carbocycles. The van der Waals surface area contributed by atoms with E-state index in [1.807, 2.05) is 29.1 Å². The van der Waals surface area contributed by atoms with Gasteiger partial charge in [-0.1, -0.05) is 6.07 Å². The van der Waals surface area contributed by atoms with Gasteiger partial charge in [0.15, 0.2) is 6.61 Å². The molecule has 4 aromatic rings. The number of hydrogen-bond acceptors (Lipinski definition) is 6. The first-order valence-electron chi connectivity index (χ1n) is 9.49. The Balaban J connectivity index is 1.32. The number of aromatic nitrogens is 3. The van der Waals surface area contributed by atoms with Crippen LogP contribution >= 0.6 is 0 Å². The molecule has 0 spiro atoms. The first-order chi connectivity index (χ1) is 15.2. The SMILES string of the molecule is COc1cccc(OCC(=O)Nc2ccc(Oc3cc(-n4cccc4)ncn3)cc2)c1. The second kappa shape index (κ2) is 9.45. The molecule has 0 bridgehead atoms. The molecule has 0 saturated heterocycles. The second-order valence-corrected chi connectivity index (χ2v) is 6.45. The predicted octanol–water partition coefficient (Wildman–Crippen LogP) is 4.09. The van der Waals surface area contributed by atoms with E-state index in [-0.39, 0.29) is 12.5 Å². The first kappa shape index (κ1) is 20.0. The maximum absolute atomic E-state index is 12.1. The highest BCUT2D eigenvalue weighted by molar-refractivity contribution is 5.91. The lowest BCUT2D eigenvalue weighted by atomic mass is 10.3. The van der Waals surface area contributed by atoms with Crippen molar-refractivity contribution in [2.24, 2.45) is 0 Å². The maximum Gasteiger partial charge on any atom is 0.262 e. The number of carbonyl (C=O) groups is 1. The summed E-state index contributed by atoms with van der Waals surface area (Å²) in [5.74, 6) is 2.66. The molecule has 0 unspecified atom stereocenters. The zero-order valence-corrected chi connectivity index (χ0v) is 16.8. The maximum atomic E-state index is 12.1. The lowest BCUT2D eigenvalue weighted by Gasteiger charge is -2.10. The normalized spacial score (nSPS) is 10.4. The topological polar surface area (TPSA) is 87.5 Å². The van der Waals surface area contributed by atoms with Gasteiger partial charge in [0.25, 0.3) is 5.91 Å². The summed E-state index contributed by atoms with van der Waals surface area (Å²) in [5, 5.41) is 2.78. The second-order valence-electron chi connectivity index (χ2n) is 6.45. The van der Waals surface area contributed by atoms with E-state index in [0.717, 1.165) is 0 Å². The van der Waals surface area contributed by atoms with Crippen LogP contribution in [-0.2, 0) is 4.79 Å². The van der Waals surface area contributed by atoms with E-state index in [1.54, 1.807) is 61.7 Å². The smallest absolute Gasteiger partial charge is 0.262 e. The molecule has 2 heterocycles. The number of amides is 1. The molecule has 0 saturated carbocycles. The minimum absolute atomic E-state index is 0.117. The van der Waals surface area contributed by atoms with Crippen LogP contribution in [0.15, 0.2) is 85.5 Å². The number of methoxy groups -OCH3 is 1. The summed E-state index contributed by atoms with van der Waals surface area (Å²) in [6.45, 7) is -0.117. The number of anilines is 1. The molecule has 2 aromatic heterocycles. The van der Waals surface area contributed by atoms with Crippen molar-refractivity contribution in [1.82, 2.24) is 14.5 Å². The van der Waals surface area contributed by atoms with Crippen molar-refractivity contribution in [1.29, 1.82) is 0 Å². The summed E-state index contributed by atoms with van der Waals surface area (Å²) in [5.41, 5.74) is 0.627. The molecule has 8 nitrogen and oxygen atoms in total. The van der Waals surface area contributed by atoms with Crippen molar-refractivity contribution >= 4 is 11.6 Å². The molecule has 1 amide bonds. The number of nitrogens with zero attached hydrogens (tertiary/aromatic N) is 3. The highest BCUT2D eigenvalue weighted by atomic mass is 16.5. The van der Waals surface area contributed by atoms with Crippen molar-refractivity contribution in [2.45, 2.75) is 0 Å². The zero-order valence-electron chi connectivity index (χ0n) is 16.8. The number of benzene rings is 2. The van der Waals surface area contributed by atoms with Gasteiger partial charge in [-0.05, 0) is 48.5 Å². The van der Waals surface area contributed by atoms with Gasteiger partial charge in [0.2, 0.25) is 5.88 Å². The fourth-order valence-corrected chi connectivity index (χ4v) is 2.78. The minimum atomic E-state index is -0.274. The van der Waals surface area contributed by atoms with Crippen LogP contribution in [-0.4, -0.2) is 34.2 Å². The largest absolute Gasteiger partial charge is 0.497 e. The Hall–Kier alpha value is -4.33. The molecule has 0 fully saturated rings. The van der Waals surface area contributed by atoms with E-state index in [9.17, 15) is 4.79 Å². The van der Waals surface area contributed by atoms with E-state index in [4.69, 9.17) is 14.2 Å². The third-order valence-electron chi connectivity index (χ3n) is 4.27. The van der Waals surface area contributed by atoms with Crippen LogP contribution < -0.4 is 19.5 Å². The van der Waals surface area contributed by atoms with Crippen LogP contribution in [0.5, 0.6) is 23.1 Å². The minimum Gasteiger partial charge on any atom is -0.497 e. The van der Waals surface area contributed by atoms with E-state index >= 15 is 0 Å². The average molecular weight is 416 g/mol. The van der Waals surface area contributed by atoms with Gasteiger partial charge in [0, 0.05) is 30.2 Å². The van der Waals surface area contributed by atoms with Crippen LogP contribution in [0.2, 0.25) is 0 Å². The third-order valence-corrected chi connectivity index (χ3v) is 4.27. The van der Waals surface area contributed by atoms with Gasteiger partial charge in [-0.25, -0.2) is 9.97 Å². The Labute approximate surface area is 179 Å². The van der Waals surface area contributed by atoms with Crippen LogP contribution in [0.25, 0.3) is 5.82 Å². The summed E-state index contributed by atoms with van der Waals surface area (Å²) in [6, 6.07) is 19.6. The molecule has 2 aromatic carbocycles. The predicted molar refractivity (Wildman–Crippen MR) is 115 cm³/mol. The zero-order chi connectivity index (χ0) is 21.5. The summed E-state index contributed by atoms with van der Waals surface area (Å²) in [6.07, 6.45) is 5.23. The third kappa shape index (κ3) is 5.39. The van der Waals surface area contributed by atoms with E-state index < -0.39 is 0 Å². The Kier molecular flexibility index (Phi) is 6.08. The quantitative estimate of drug-likeness (QED) is 0.466. The Bertz CT molecular complexity index is 1140. The van der Waals surface area contributed by atoms with Crippen molar-refractivity contribution in [3.05, 3.63) is 85.5 Å². The molecular weight excluding hydrogens is 396 g/mol. The summed E-state index contributed by atoms with van der Waals surface area (Å²) in [4.78, 5) is 20.5. The van der Waals surface area contributed by atoms with Crippen molar-refractivity contribution < 1.29 is 19.0 Å². The van der Waals surface area contributed by atoms with Gasteiger partial charge in [-0.15, -0.1) is 0 Å². The standard InChI is InChI=1S/C23H20N4O4/c1-29-19-5-4-6-20(13-19)30-15-22(28)26-17-7-9-18(10-8-17)31-23-14-21(24-16-25-23)27-11-2-3-12-27/h2-14,16H,15H2,1H3,(H,26,28). The van der Waals surface area contributed by atoms with E-state index in [1.165, 1.54) is 6.33 Å². The van der Waals surface area contributed by atoms with Crippen LogP contribution in [0.4, 0.5) is 5.69 Å². The highest BCUT2D eigenvalue weighted by Gasteiger charge is 2.06. The summed E-state index contributed by atoms with van der Waals surface area (Å²) in [7, 11) is 1.57. The van der Waals surface area contributed by atoms with E-state index in [2.05, 4.69) is 15.3 Å². The molecule has 1 N–H and O–H groups in total. The lowest BCUT2D eigenvalue weighted by molar-refractivity contribution is -0.118. The number of ether oxygens (including phenoxy) is 3. The first-order valence-corrected chi connectivity index (χ1v) is 9.49. The molecule has 156 valence electrons. The molecule has 0 atom stereocenters. The van der Waals surface area contributed by atoms with Crippen LogP contribution in [0, 0.1) is 0 Å². The van der Waals surface area contributed by atoms with Crippen molar-refractivity contribution in [3.63, 3.8) is 0 Å². The number of hydrogen-bond donors (Lipinski definition) is 1. The number of rotatable bonds is 8. The molecule has 0 radical (unpaired) electrons. The Morgan fingerprint density at radius 2 is 1.71 bits per heavy atom. The Morgan fingerprint density at radius 1 is 0.935 bits per heavy atom. The van der Waals surface area contributed by atoms with Gasteiger partial charge in [-0.3, -0.25) is 4.79 Å². The lowest BCUT2D eigenvalue weighted by Crippen LogP contribution is -2.20. The number of carbonyl (C=O) groups excluding carboxylic acids is 1. The fourth-order valence-electron chi connectivity index (χ4n) is 2.78. The van der Waals surface area contributed by atoms with Gasteiger partial charge in [-0.2, -0.15) is 0 Å². The molecule has 4 rings (SSSR count). The van der Waals surface area contributed by atoms with Gasteiger partial charge < -0.3 is 24.1 Å². The summed E-state index contributed by atoms with van der Waals surface area (Å²) >= 11 is 0. The summed E-state index contributed by atoms with van der Waals surface area (Å²) < 4.78 is 18.3. The molecular formula is C23H20N4O4. The van der Waals surface area contributed by atoms with Crippen LogP contribution in [0.3, 0.4) is 0 Å². The van der Waals surface area contributed by atoms with Gasteiger partial charge in [0.1, 0.15) is 29.4 Å². The van der Waals surface area contributed by atoms with Crippen LogP contribution in [0.1, 0.15) is 0 Å². The van der Waals surface area contributed by atoms with E-state index in [0.29, 0.717) is 34.6 Å². The Morgan fingerprint density at radius 3 is 2.48 bits per heavy atom. The molecule has 0 aliphatic heterocycles. The number of nitrogens with one attached hydrogen (secondary N) is 1. The average Bonchev–Trinajstić information content (AvgIpc) is 3.35.